The summed E-state index contributed by atoms with van der Waals surface area (Å²) in [4.78, 5) is 27.4. The number of halogens is 1. The maximum absolute atomic E-state index is 13.2. The molecule has 1 atom stereocenters. The number of carboxylic acids is 1. The summed E-state index contributed by atoms with van der Waals surface area (Å²) < 4.78 is 12.7. The molecule has 1 N–H and O–H groups in total. The molecule has 6 nitrogen and oxygen atoms in total. The fourth-order valence-corrected chi connectivity index (χ4v) is 4.47. The number of amides is 1. The zero-order chi connectivity index (χ0) is 26.3. The van der Waals surface area contributed by atoms with Gasteiger partial charge in [0.25, 0.3) is 0 Å². The molecule has 0 unspecified atom stereocenters. The lowest BCUT2D eigenvalue weighted by Gasteiger charge is -2.39. The van der Waals surface area contributed by atoms with E-state index in [1.165, 1.54) is 11.9 Å². The van der Waals surface area contributed by atoms with Gasteiger partial charge in [-0.3, -0.25) is 4.90 Å². The van der Waals surface area contributed by atoms with Gasteiger partial charge in [0.15, 0.2) is 5.54 Å². The number of nitrogens with zero attached hydrogens (tertiary/aromatic N) is 1. The van der Waals surface area contributed by atoms with E-state index in [1.54, 1.807) is 20.8 Å². The van der Waals surface area contributed by atoms with Crippen LogP contribution in [0.25, 0.3) is 0 Å². The zero-order valence-electron chi connectivity index (χ0n) is 21.0. The van der Waals surface area contributed by atoms with Crippen molar-refractivity contribution in [2.45, 2.75) is 51.4 Å². The molecular formula is C29H32INO5. The van der Waals surface area contributed by atoms with Crippen LogP contribution in [0, 0.1) is 3.57 Å². The molecule has 0 heterocycles. The molecule has 190 valence electrons. The molecule has 0 spiro atoms. The second-order valence-electron chi connectivity index (χ2n) is 9.74. The van der Waals surface area contributed by atoms with Crippen LogP contribution in [0.15, 0.2) is 78.9 Å². The first-order valence-corrected chi connectivity index (χ1v) is 12.8. The van der Waals surface area contributed by atoms with Gasteiger partial charge in [0.2, 0.25) is 0 Å². The minimum absolute atomic E-state index is 0.0356. The van der Waals surface area contributed by atoms with E-state index in [2.05, 4.69) is 22.6 Å². The van der Waals surface area contributed by atoms with Gasteiger partial charge >= 0.3 is 12.1 Å². The van der Waals surface area contributed by atoms with Gasteiger partial charge in [-0.25, -0.2) is 9.59 Å². The van der Waals surface area contributed by atoms with Gasteiger partial charge in [-0.15, -0.1) is 0 Å². The largest absolute Gasteiger partial charge is 0.489 e. The first-order chi connectivity index (χ1) is 17.0. The molecule has 0 fully saturated rings. The summed E-state index contributed by atoms with van der Waals surface area (Å²) in [7, 11) is 1.49. The van der Waals surface area contributed by atoms with Crippen LogP contribution in [-0.2, 0) is 29.0 Å². The number of carboxylic acid groups (broad SMARTS) is 1. The molecule has 0 aliphatic carbocycles. The van der Waals surface area contributed by atoms with Gasteiger partial charge in [-0.2, -0.15) is 0 Å². The summed E-state index contributed by atoms with van der Waals surface area (Å²) in [5, 5.41) is 10.6. The van der Waals surface area contributed by atoms with Gasteiger partial charge in [0.05, 0.1) is 0 Å². The molecule has 0 saturated carbocycles. The van der Waals surface area contributed by atoms with Crippen molar-refractivity contribution in [2.24, 2.45) is 0 Å². The van der Waals surface area contributed by atoms with Crippen LogP contribution >= 0.6 is 22.6 Å². The fourth-order valence-electron chi connectivity index (χ4n) is 3.91. The maximum atomic E-state index is 13.2. The summed E-state index contributed by atoms with van der Waals surface area (Å²) in [6.45, 7) is 5.61. The Morgan fingerprint density at radius 2 is 1.47 bits per heavy atom. The van der Waals surface area contributed by atoms with Crippen LogP contribution in [0.5, 0.6) is 5.75 Å². The molecular weight excluding hydrogens is 569 g/mol. The Labute approximate surface area is 226 Å². The second-order valence-corrected chi connectivity index (χ2v) is 11.0. The van der Waals surface area contributed by atoms with Crippen LogP contribution in [-0.4, -0.2) is 40.3 Å². The smallest absolute Gasteiger partial charge is 0.411 e. The van der Waals surface area contributed by atoms with E-state index in [4.69, 9.17) is 9.47 Å². The Bertz CT molecular complexity index is 1180. The summed E-state index contributed by atoms with van der Waals surface area (Å²) in [5.41, 5.74) is 0.119. The summed E-state index contributed by atoms with van der Waals surface area (Å²) in [6, 6.07) is 24.8. The molecule has 3 aromatic rings. The van der Waals surface area contributed by atoms with Crippen molar-refractivity contribution in [3.8, 4) is 5.75 Å². The molecule has 3 aromatic carbocycles. The second kappa shape index (κ2) is 11.8. The van der Waals surface area contributed by atoms with E-state index >= 15 is 0 Å². The number of benzene rings is 3. The van der Waals surface area contributed by atoms with Gasteiger partial charge in [-0.1, -0.05) is 60.7 Å². The third-order valence-electron chi connectivity index (χ3n) is 5.79. The minimum Gasteiger partial charge on any atom is -0.489 e. The molecule has 3 rings (SSSR count). The predicted octanol–water partition coefficient (Wildman–Crippen LogP) is 6.35. The van der Waals surface area contributed by atoms with E-state index < -0.39 is 23.2 Å². The zero-order valence-corrected chi connectivity index (χ0v) is 23.2. The molecule has 0 bridgehead atoms. The molecule has 1 amide bonds. The quantitative estimate of drug-likeness (QED) is 0.290. The molecule has 0 saturated heterocycles. The Morgan fingerprint density at radius 3 is 2.03 bits per heavy atom. The first-order valence-electron chi connectivity index (χ1n) is 11.7. The summed E-state index contributed by atoms with van der Waals surface area (Å²) in [5.74, 6) is -0.539. The van der Waals surface area contributed by atoms with Crippen molar-refractivity contribution >= 4 is 34.7 Å². The van der Waals surface area contributed by atoms with Crippen molar-refractivity contribution in [2.75, 3.05) is 7.05 Å². The van der Waals surface area contributed by atoms with E-state index in [1.807, 2.05) is 78.9 Å². The molecule has 0 radical (unpaired) electrons. The van der Waals surface area contributed by atoms with Crippen molar-refractivity contribution < 1.29 is 24.2 Å². The monoisotopic (exact) mass is 601 g/mol. The average molecular weight is 601 g/mol. The highest BCUT2D eigenvalue weighted by Gasteiger charge is 2.47. The lowest BCUT2D eigenvalue weighted by Crippen LogP contribution is -2.59. The van der Waals surface area contributed by atoms with E-state index in [-0.39, 0.29) is 12.8 Å². The van der Waals surface area contributed by atoms with Crippen molar-refractivity contribution in [1.82, 2.24) is 4.90 Å². The third kappa shape index (κ3) is 7.22. The maximum Gasteiger partial charge on any atom is 0.411 e. The Kier molecular flexibility index (Phi) is 9.00. The highest BCUT2D eigenvalue weighted by atomic mass is 127. The summed E-state index contributed by atoms with van der Waals surface area (Å²) >= 11 is 2.19. The number of likely N-dealkylation sites (N-methyl/N-ethyl adjacent to an activating group) is 1. The van der Waals surface area contributed by atoms with Gasteiger partial charge in [0.1, 0.15) is 18.0 Å². The van der Waals surface area contributed by atoms with Crippen LogP contribution in [0.4, 0.5) is 4.79 Å². The highest BCUT2D eigenvalue weighted by molar-refractivity contribution is 14.1. The first kappa shape index (κ1) is 27.5. The summed E-state index contributed by atoms with van der Waals surface area (Å²) in [6.07, 6.45) is -0.561. The normalized spacial score (nSPS) is 12.9. The molecule has 36 heavy (non-hydrogen) atoms. The molecule has 0 aliphatic rings. The number of carbonyl (C=O) groups excluding carboxylic acids is 1. The number of carbonyl (C=O) groups is 2. The lowest BCUT2D eigenvalue weighted by molar-refractivity contribution is -0.150. The number of rotatable bonds is 9. The Morgan fingerprint density at radius 1 is 0.889 bits per heavy atom. The van der Waals surface area contributed by atoms with Gasteiger partial charge < -0.3 is 14.6 Å². The topological polar surface area (TPSA) is 76.1 Å². The van der Waals surface area contributed by atoms with Crippen molar-refractivity contribution in [1.29, 1.82) is 0 Å². The van der Waals surface area contributed by atoms with Crippen LogP contribution in [0.3, 0.4) is 0 Å². The Hall–Kier alpha value is -3.07. The SMILES string of the molecule is CN(C(=O)OC(C)(C)C)[C@@](Cc1ccccc1)(Cc1cc(I)ccc1OCc1ccccc1)C(=O)O. The number of ether oxygens (including phenoxy) is 2. The van der Waals surface area contributed by atoms with Crippen LogP contribution in [0.2, 0.25) is 0 Å². The average Bonchev–Trinajstić information content (AvgIpc) is 2.82. The van der Waals surface area contributed by atoms with Crippen molar-refractivity contribution in [3.05, 3.63) is 99.1 Å². The van der Waals surface area contributed by atoms with Gasteiger partial charge in [-0.05, 0) is 78.3 Å². The highest BCUT2D eigenvalue weighted by Crippen LogP contribution is 2.32. The van der Waals surface area contributed by atoms with E-state index in [9.17, 15) is 14.7 Å². The fraction of sp³-hybridized carbons (Fsp3) is 0.310. The molecule has 7 heteroatoms. The Balaban J connectivity index is 2.03. The number of aliphatic carboxylic acids is 1. The minimum atomic E-state index is -1.61. The number of hydrogen-bond acceptors (Lipinski definition) is 4. The lowest BCUT2D eigenvalue weighted by atomic mass is 9.83. The van der Waals surface area contributed by atoms with Crippen LogP contribution < -0.4 is 4.74 Å². The standard InChI is InChI=1S/C29H32INO5/c1-28(2,3)36-27(34)31(4)29(26(32)33,18-21-11-7-5-8-12-21)19-23-17-24(30)15-16-25(23)35-20-22-13-9-6-10-14-22/h5-17H,18-20H2,1-4H3,(H,32,33)/t29-/m0/s1. The molecule has 0 aromatic heterocycles. The van der Waals surface area contributed by atoms with Gasteiger partial charge in [0, 0.05) is 23.5 Å². The molecule has 0 aliphatic heterocycles. The third-order valence-corrected chi connectivity index (χ3v) is 6.46. The number of hydrogen-bond donors (Lipinski definition) is 1. The van der Waals surface area contributed by atoms with Crippen LogP contribution in [0.1, 0.15) is 37.5 Å². The van der Waals surface area contributed by atoms with E-state index in [0.717, 1.165) is 14.7 Å². The van der Waals surface area contributed by atoms with E-state index in [0.29, 0.717) is 17.9 Å². The predicted molar refractivity (Wildman–Crippen MR) is 148 cm³/mol. The van der Waals surface area contributed by atoms with Crippen molar-refractivity contribution in [3.63, 3.8) is 0 Å².